The SMILES string of the molecule is Cc1ccc(Oc2ccc(CBr)cc2Cl)c(Cl)c1. The molecule has 0 saturated carbocycles. The standard InChI is InChI=1S/C14H11BrCl2O/c1-9-2-4-13(11(16)6-9)18-14-5-3-10(8-15)7-12(14)17/h2-7H,8H2,1H3. The predicted octanol–water partition coefficient (Wildman–Crippen LogP) is 5.99. The lowest BCUT2D eigenvalue weighted by Gasteiger charge is -2.10. The molecule has 0 bridgehead atoms. The number of benzene rings is 2. The summed E-state index contributed by atoms with van der Waals surface area (Å²) in [6, 6.07) is 11.3. The summed E-state index contributed by atoms with van der Waals surface area (Å²) in [4.78, 5) is 0. The van der Waals surface area contributed by atoms with Crippen molar-refractivity contribution in [3.8, 4) is 11.5 Å². The largest absolute Gasteiger partial charge is 0.454 e. The minimum atomic E-state index is 0.573. The van der Waals surface area contributed by atoms with Gasteiger partial charge in [-0.2, -0.15) is 0 Å². The van der Waals surface area contributed by atoms with Gasteiger partial charge in [-0.25, -0.2) is 0 Å². The average molecular weight is 346 g/mol. The summed E-state index contributed by atoms with van der Waals surface area (Å²) in [5.41, 5.74) is 2.19. The van der Waals surface area contributed by atoms with E-state index in [4.69, 9.17) is 27.9 Å². The van der Waals surface area contributed by atoms with E-state index >= 15 is 0 Å². The molecule has 18 heavy (non-hydrogen) atoms. The Hall–Kier alpha value is -0.700. The molecule has 1 nitrogen and oxygen atoms in total. The first-order valence-corrected chi connectivity index (χ1v) is 7.26. The van der Waals surface area contributed by atoms with Crippen LogP contribution in [-0.2, 0) is 5.33 Å². The third-order valence-electron chi connectivity index (χ3n) is 2.46. The molecule has 2 rings (SSSR count). The molecular formula is C14H11BrCl2O. The Labute approximate surface area is 125 Å². The van der Waals surface area contributed by atoms with E-state index in [0.717, 1.165) is 16.5 Å². The van der Waals surface area contributed by atoms with Crippen LogP contribution in [0, 0.1) is 6.92 Å². The molecule has 0 aliphatic carbocycles. The van der Waals surface area contributed by atoms with E-state index in [9.17, 15) is 0 Å². The van der Waals surface area contributed by atoms with Crippen molar-refractivity contribution < 1.29 is 4.74 Å². The second-order valence-corrected chi connectivity index (χ2v) is 5.31. The Kier molecular flexibility index (Phi) is 4.55. The van der Waals surface area contributed by atoms with E-state index in [2.05, 4.69) is 15.9 Å². The van der Waals surface area contributed by atoms with Crippen LogP contribution in [0.2, 0.25) is 10.0 Å². The van der Waals surface area contributed by atoms with Crippen molar-refractivity contribution in [2.75, 3.05) is 0 Å². The van der Waals surface area contributed by atoms with Crippen molar-refractivity contribution in [3.05, 3.63) is 57.6 Å². The topological polar surface area (TPSA) is 9.23 Å². The Bertz CT molecular complexity index is 570. The molecule has 0 fully saturated rings. The summed E-state index contributed by atoms with van der Waals surface area (Å²) in [7, 11) is 0. The lowest BCUT2D eigenvalue weighted by Crippen LogP contribution is -1.88. The lowest BCUT2D eigenvalue weighted by molar-refractivity contribution is 0.483. The van der Waals surface area contributed by atoms with Crippen LogP contribution in [0.15, 0.2) is 36.4 Å². The average Bonchev–Trinajstić information content (AvgIpc) is 2.34. The maximum absolute atomic E-state index is 6.15. The van der Waals surface area contributed by atoms with Crippen molar-refractivity contribution in [1.82, 2.24) is 0 Å². The summed E-state index contributed by atoms with van der Waals surface area (Å²) in [6.07, 6.45) is 0. The molecule has 0 saturated heterocycles. The fourth-order valence-electron chi connectivity index (χ4n) is 1.52. The summed E-state index contributed by atoms with van der Waals surface area (Å²) >= 11 is 15.6. The smallest absolute Gasteiger partial charge is 0.146 e. The van der Waals surface area contributed by atoms with Crippen molar-refractivity contribution in [1.29, 1.82) is 0 Å². The Morgan fingerprint density at radius 1 is 1.00 bits per heavy atom. The zero-order valence-corrected chi connectivity index (χ0v) is 12.8. The molecule has 0 amide bonds. The highest BCUT2D eigenvalue weighted by molar-refractivity contribution is 9.08. The molecule has 0 N–H and O–H groups in total. The van der Waals surface area contributed by atoms with Gasteiger partial charge in [0, 0.05) is 5.33 Å². The van der Waals surface area contributed by atoms with Gasteiger partial charge in [-0.3, -0.25) is 0 Å². The molecule has 0 heterocycles. The summed E-state index contributed by atoms with van der Waals surface area (Å²) in [6.45, 7) is 1.98. The molecule has 0 aliphatic heterocycles. The number of ether oxygens (including phenoxy) is 1. The fourth-order valence-corrected chi connectivity index (χ4v) is 2.38. The maximum atomic E-state index is 6.15. The van der Waals surface area contributed by atoms with E-state index in [1.54, 1.807) is 0 Å². The van der Waals surface area contributed by atoms with Crippen LogP contribution < -0.4 is 4.74 Å². The second-order valence-electron chi connectivity index (χ2n) is 3.93. The normalized spacial score (nSPS) is 10.4. The predicted molar refractivity (Wildman–Crippen MR) is 80.3 cm³/mol. The van der Waals surface area contributed by atoms with Crippen LogP contribution in [0.1, 0.15) is 11.1 Å². The van der Waals surface area contributed by atoms with E-state index < -0.39 is 0 Å². The maximum Gasteiger partial charge on any atom is 0.146 e. The Morgan fingerprint density at radius 3 is 2.17 bits per heavy atom. The van der Waals surface area contributed by atoms with Gasteiger partial charge in [0.15, 0.2) is 0 Å². The van der Waals surface area contributed by atoms with Crippen molar-refractivity contribution in [2.45, 2.75) is 12.3 Å². The zero-order chi connectivity index (χ0) is 13.1. The molecule has 2 aromatic carbocycles. The third kappa shape index (κ3) is 3.19. The summed E-state index contributed by atoms with van der Waals surface area (Å²) < 4.78 is 5.72. The highest BCUT2D eigenvalue weighted by Crippen LogP contribution is 2.34. The van der Waals surface area contributed by atoms with Gasteiger partial charge in [-0.15, -0.1) is 0 Å². The summed E-state index contributed by atoms with van der Waals surface area (Å²) in [5, 5.41) is 1.91. The quantitative estimate of drug-likeness (QED) is 0.621. The van der Waals surface area contributed by atoms with Crippen LogP contribution in [-0.4, -0.2) is 0 Å². The highest BCUT2D eigenvalue weighted by Gasteiger charge is 2.07. The van der Waals surface area contributed by atoms with Crippen LogP contribution in [0.25, 0.3) is 0 Å². The van der Waals surface area contributed by atoms with E-state index in [-0.39, 0.29) is 0 Å². The van der Waals surface area contributed by atoms with Crippen LogP contribution in [0.5, 0.6) is 11.5 Å². The Morgan fingerprint density at radius 2 is 1.61 bits per heavy atom. The highest BCUT2D eigenvalue weighted by atomic mass is 79.9. The van der Waals surface area contributed by atoms with Crippen LogP contribution in [0.4, 0.5) is 0 Å². The number of halogens is 3. The fraction of sp³-hybridized carbons (Fsp3) is 0.143. The number of alkyl halides is 1. The first-order valence-electron chi connectivity index (χ1n) is 5.38. The molecular weight excluding hydrogens is 335 g/mol. The molecule has 0 spiro atoms. The molecule has 0 radical (unpaired) electrons. The van der Waals surface area contributed by atoms with Gasteiger partial charge < -0.3 is 4.74 Å². The van der Waals surface area contributed by atoms with E-state index in [0.29, 0.717) is 21.5 Å². The molecule has 2 aromatic rings. The first-order chi connectivity index (χ1) is 8.60. The van der Waals surface area contributed by atoms with Crippen LogP contribution >= 0.6 is 39.1 Å². The van der Waals surface area contributed by atoms with Crippen molar-refractivity contribution in [3.63, 3.8) is 0 Å². The molecule has 4 heteroatoms. The molecule has 0 unspecified atom stereocenters. The van der Waals surface area contributed by atoms with E-state index in [1.165, 1.54) is 0 Å². The monoisotopic (exact) mass is 344 g/mol. The molecule has 0 aromatic heterocycles. The van der Waals surface area contributed by atoms with Crippen molar-refractivity contribution >= 4 is 39.1 Å². The minimum Gasteiger partial charge on any atom is -0.454 e. The molecule has 0 atom stereocenters. The lowest BCUT2D eigenvalue weighted by atomic mass is 10.2. The van der Waals surface area contributed by atoms with Crippen LogP contribution in [0.3, 0.4) is 0 Å². The third-order valence-corrected chi connectivity index (χ3v) is 3.70. The number of hydrogen-bond donors (Lipinski definition) is 0. The molecule has 0 aliphatic rings. The van der Waals surface area contributed by atoms with Gasteiger partial charge >= 0.3 is 0 Å². The first kappa shape index (κ1) is 13.7. The van der Waals surface area contributed by atoms with Gasteiger partial charge in [-0.05, 0) is 42.3 Å². The summed E-state index contributed by atoms with van der Waals surface area (Å²) in [5.74, 6) is 1.21. The second kappa shape index (κ2) is 5.96. The Balaban J connectivity index is 2.28. The number of aryl methyl sites for hydroxylation is 1. The van der Waals surface area contributed by atoms with Gasteiger partial charge in [0.2, 0.25) is 0 Å². The minimum absolute atomic E-state index is 0.573. The molecule has 94 valence electrons. The number of rotatable bonds is 3. The van der Waals surface area contributed by atoms with Gasteiger partial charge in [-0.1, -0.05) is 51.3 Å². The van der Waals surface area contributed by atoms with Gasteiger partial charge in [0.05, 0.1) is 10.0 Å². The zero-order valence-electron chi connectivity index (χ0n) is 9.71. The van der Waals surface area contributed by atoms with Gasteiger partial charge in [0.1, 0.15) is 11.5 Å². The van der Waals surface area contributed by atoms with Crippen molar-refractivity contribution in [2.24, 2.45) is 0 Å². The van der Waals surface area contributed by atoms with Gasteiger partial charge in [0.25, 0.3) is 0 Å². The number of hydrogen-bond acceptors (Lipinski definition) is 1. The van der Waals surface area contributed by atoms with E-state index in [1.807, 2.05) is 43.3 Å².